The molecule has 0 saturated heterocycles. The first-order valence-corrected chi connectivity index (χ1v) is 12.5. The monoisotopic (exact) mass is 481 g/mol. The quantitative estimate of drug-likeness (QED) is 0.264. The van der Waals surface area contributed by atoms with Crippen LogP contribution in [0, 0.1) is 19.7 Å². The van der Waals surface area contributed by atoms with E-state index in [1.54, 1.807) is 12.1 Å². The first kappa shape index (κ1) is 23.2. The molecule has 0 spiro atoms. The lowest BCUT2D eigenvalue weighted by Crippen LogP contribution is -2.23. The zero-order chi connectivity index (χ0) is 23.5. The van der Waals surface area contributed by atoms with Crippen LogP contribution < -0.4 is 10.9 Å². The summed E-state index contributed by atoms with van der Waals surface area (Å²) in [5.74, 6) is -0.497. The Hall–Kier alpha value is -2.97. The molecule has 8 heteroatoms. The average Bonchev–Trinajstić information content (AvgIpc) is 3.09. The summed E-state index contributed by atoms with van der Waals surface area (Å²) in [6.07, 6.45) is 1.85. The van der Waals surface area contributed by atoms with Crippen LogP contribution in [0.3, 0.4) is 0 Å². The molecule has 0 bridgehead atoms. The fourth-order valence-electron chi connectivity index (χ4n) is 3.64. The summed E-state index contributed by atoms with van der Waals surface area (Å²) in [4.78, 5) is 32.7. The number of amides is 1. The Morgan fingerprint density at radius 3 is 2.64 bits per heavy atom. The van der Waals surface area contributed by atoms with Crippen molar-refractivity contribution in [3.8, 4) is 5.69 Å². The van der Waals surface area contributed by atoms with E-state index in [1.165, 1.54) is 39.8 Å². The van der Waals surface area contributed by atoms with E-state index in [9.17, 15) is 14.0 Å². The molecule has 0 aliphatic carbocycles. The van der Waals surface area contributed by atoms with Gasteiger partial charge in [0.2, 0.25) is 5.91 Å². The van der Waals surface area contributed by atoms with Gasteiger partial charge in [-0.1, -0.05) is 37.2 Å². The van der Waals surface area contributed by atoms with Crippen molar-refractivity contribution in [1.29, 1.82) is 0 Å². The van der Waals surface area contributed by atoms with E-state index >= 15 is 0 Å². The van der Waals surface area contributed by atoms with Crippen LogP contribution >= 0.6 is 23.1 Å². The average molecular weight is 482 g/mol. The normalized spacial score (nSPS) is 11.2. The van der Waals surface area contributed by atoms with Gasteiger partial charge in [-0.15, -0.1) is 11.3 Å². The first-order chi connectivity index (χ1) is 15.9. The predicted molar refractivity (Wildman–Crippen MR) is 134 cm³/mol. The number of hydrogen-bond acceptors (Lipinski definition) is 5. The molecule has 0 unspecified atom stereocenters. The highest BCUT2D eigenvalue weighted by Crippen LogP contribution is 2.31. The molecular weight excluding hydrogens is 457 g/mol. The van der Waals surface area contributed by atoms with E-state index in [1.807, 2.05) is 38.1 Å². The van der Waals surface area contributed by atoms with Gasteiger partial charge in [-0.3, -0.25) is 14.2 Å². The van der Waals surface area contributed by atoms with Crippen LogP contribution in [0.25, 0.3) is 15.9 Å². The van der Waals surface area contributed by atoms with E-state index < -0.39 is 0 Å². The third kappa shape index (κ3) is 5.02. The van der Waals surface area contributed by atoms with Crippen molar-refractivity contribution in [2.75, 3.05) is 11.1 Å². The van der Waals surface area contributed by atoms with Crippen LogP contribution in [0.4, 0.5) is 10.1 Å². The molecule has 4 rings (SSSR count). The summed E-state index contributed by atoms with van der Waals surface area (Å²) in [5, 5.41) is 3.87. The fraction of sp³-hybridized carbons (Fsp3) is 0.240. The lowest BCUT2D eigenvalue weighted by atomic mass is 10.1. The number of thiophene rings is 1. The van der Waals surface area contributed by atoms with Crippen LogP contribution in [0.15, 0.2) is 58.5 Å². The molecule has 0 radical (unpaired) electrons. The molecule has 0 aliphatic rings. The van der Waals surface area contributed by atoms with Crippen molar-refractivity contribution in [1.82, 2.24) is 9.55 Å². The van der Waals surface area contributed by atoms with Gasteiger partial charge in [0.1, 0.15) is 10.6 Å². The highest BCUT2D eigenvalue weighted by molar-refractivity contribution is 7.99. The van der Waals surface area contributed by atoms with Gasteiger partial charge in [0.05, 0.1) is 16.8 Å². The van der Waals surface area contributed by atoms with Gasteiger partial charge in [-0.2, -0.15) is 0 Å². The maximum atomic E-state index is 13.6. The van der Waals surface area contributed by atoms with Crippen LogP contribution in [-0.2, 0) is 11.2 Å². The number of carbonyl (C=O) groups is 1. The summed E-state index contributed by atoms with van der Waals surface area (Å²) in [6.45, 7) is 6.01. The summed E-state index contributed by atoms with van der Waals surface area (Å²) >= 11 is 2.71. The molecule has 1 amide bonds. The van der Waals surface area contributed by atoms with Gasteiger partial charge in [0.25, 0.3) is 5.56 Å². The SMILES string of the molecule is CCCc1sc2nc(SCC(=O)Nc3cccc(C)c3)n(-c3ccc(F)cc3)c(=O)c2c1C. The van der Waals surface area contributed by atoms with Crippen LogP contribution in [0.1, 0.15) is 29.3 Å². The number of carbonyl (C=O) groups excluding carboxylic acids is 1. The number of aryl methyl sites for hydroxylation is 3. The van der Waals surface area contributed by atoms with Crippen molar-refractivity contribution in [2.45, 2.75) is 38.8 Å². The topological polar surface area (TPSA) is 64.0 Å². The molecule has 2 heterocycles. The summed E-state index contributed by atoms with van der Waals surface area (Å²) < 4.78 is 15.0. The minimum Gasteiger partial charge on any atom is -0.325 e. The lowest BCUT2D eigenvalue weighted by molar-refractivity contribution is -0.113. The smallest absolute Gasteiger partial charge is 0.267 e. The van der Waals surface area contributed by atoms with E-state index in [2.05, 4.69) is 12.2 Å². The minimum atomic E-state index is -0.385. The number of aromatic nitrogens is 2. The standard InChI is InChI=1S/C25H24FN3O2S2/c1-4-6-20-16(3)22-23(33-20)28-25(29(24(22)31)19-11-9-17(26)10-12-19)32-14-21(30)27-18-8-5-7-15(2)13-18/h5,7-13H,4,6,14H2,1-3H3,(H,27,30). The van der Waals surface area contributed by atoms with Gasteiger partial charge in [-0.25, -0.2) is 9.37 Å². The molecule has 2 aromatic heterocycles. The van der Waals surface area contributed by atoms with E-state index in [4.69, 9.17) is 4.98 Å². The van der Waals surface area contributed by atoms with Crippen molar-refractivity contribution in [3.05, 3.63) is 80.7 Å². The number of anilines is 1. The van der Waals surface area contributed by atoms with Gasteiger partial charge >= 0.3 is 0 Å². The Bertz CT molecular complexity index is 1380. The van der Waals surface area contributed by atoms with E-state index in [-0.39, 0.29) is 23.0 Å². The van der Waals surface area contributed by atoms with Gasteiger partial charge in [-0.05, 0) is 67.8 Å². The molecular formula is C25H24FN3O2S2. The Morgan fingerprint density at radius 2 is 1.94 bits per heavy atom. The molecule has 33 heavy (non-hydrogen) atoms. The van der Waals surface area contributed by atoms with Crippen molar-refractivity contribution >= 4 is 44.9 Å². The van der Waals surface area contributed by atoms with E-state index in [0.717, 1.165) is 34.5 Å². The summed E-state index contributed by atoms with van der Waals surface area (Å²) in [7, 11) is 0. The van der Waals surface area contributed by atoms with Gasteiger partial charge < -0.3 is 5.32 Å². The highest BCUT2D eigenvalue weighted by Gasteiger charge is 2.20. The molecule has 1 N–H and O–H groups in total. The maximum Gasteiger partial charge on any atom is 0.267 e. The number of fused-ring (bicyclic) bond motifs is 1. The minimum absolute atomic E-state index is 0.0826. The molecule has 0 atom stereocenters. The fourth-order valence-corrected chi connectivity index (χ4v) is 5.77. The second-order valence-corrected chi connectivity index (χ2v) is 9.82. The zero-order valence-corrected chi connectivity index (χ0v) is 20.3. The molecule has 0 saturated carbocycles. The third-order valence-electron chi connectivity index (χ3n) is 5.23. The number of benzene rings is 2. The summed E-state index contributed by atoms with van der Waals surface area (Å²) in [5.41, 5.74) is 3.02. The largest absolute Gasteiger partial charge is 0.325 e. The van der Waals surface area contributed by atoms with Crippen LogP contribution in [-0.4, -0.2) is 21.2 Å². The zero-order valence-electron chi connectivity index (χ0n) is 18.6. The van der Waals surface area contributed by atoms with Crippen LogP contribution in [0.2, 0.25) is 0 Å². The van der Waals surface area contributed by atoms with Gasteiger partial charge in [0.15, 0.2) is 5.16 Å². The molecule has 5 nitrogen and oxygen atoms in total. The molecule has 0 fully saturated rings. The Labute approximate surface area is 199 Å². The molecule has 170 valence electrons. The molecule has 0 aliphatic heterocycles. The lowest BCUT2D eigenvalue weighted by Gasteiger charge is -2.12. The van der Waals surface area contributed by atoms with Crippen LogP contribution in [0.5, 0.6) is 0 Å². The second kappa shape index (κ2) is 9.89. The number of thioether (sulfide) groups is 1. The van der Waals surface area contributed by atoms with E-state index in [0.29, 0.717) is 21.1 Å². The summed E-state index contributed by atoms with van der Waals surface area (Å²) in [6, 6.07) is 13.3. The van der Waals surface area contributed by atoms with Gasteiger partial charge in [0, 0.05) is 10.6 Å². The van der Waals surface area contributed by atoms with Crippen molar-refractivity contribution in [3.63, 3.8) is 0 Å². The molecule has 4 aromatic rings. The first-order valence-electron chi connectivity index (χ1n) is 10.7. The third-order valence-corrected chi connectivity index (χ3v) is 7.41. The number of hydrogen-bond donors (Lipinski definition) is 1. The predicted octanol–water partition coefficient (Wildman–Crippen LogP) is 5.89. The Kier molecular flexibility index (Phi) is 6.95. The maximum absolute atomic E-state index is 13.6. The van der Waals surface area contributed by atoms with Crippen molar-refractivity contribution in [2.24, 2.45) is 0 Å². The number of halogens is 1. The Balaban J connectivity index is 1.72. The molecule has 2 aromatic carbocycles. The highest BCUT2D eigenvalue weighted by atomic mass is 32.2. The number of rotatable bonds is 7. The van der Waals surface area contributed by atoms with Crippen molar-refractivity contribution < 1.29 is 9.18 Å². The number of nitrogens with one attached hydrogen (secondary N) is 1. The number of nitrogens with zero attached hydrogens (tertiary/aromatic N) is 2. The Morgan fingerprint density at radius 1 is 1.18 bits per heavy atom. The second-order valence-electron chi connectivity index (χ2n) is 7.80.